The van der Waals surface area contributed by atoms with Crippen LogP contribution >= 0.6 is 0 Å². The maximum atomic E-state index is 11.9. The Morgan fingerprint density at radius 1 is 0.947 bits per heavy atom. The summed E-state index contributed by atoms with van der Waals surface area (Å²) in [5.74, 6) is -0.170. The highest BCUT2D eigenvalue weighted by molar-refractivity contribution is 5.70. The van der Waals surface area contributed by atoms with Gasteiger partial charge in [-0.25, -0.2) is 0 Å². The summed E-state index contributed by atoms with van der Waals surface area (Å²) in [6, 6.07) is 19.4. The summed E-state index contributed by atoms with van der Waals surface area (Å²) >= 11 is 0. The Morgan fingerprint density at radius 2 is 1.66 bits per heavy atom. The molecule has 0 radical (unpaired) electrons. The van der Waals surface area contributed by atoms with Crippen molar-refractivity contribution in [2.24, 2.45) is 0 Å². The molecule has 0 N–H and O–H groups in total. The summed E-state index contributed by atoms with van der Waals surface area (Å²) in [4.78, 5) is 14.4. The molecule has 1 heterocycles. The molecule has 6 nitrogen and oxygen atoms in total. The summed E-state index contributed by atoms with van der Waals surface area (Å²) in [5, 5.41) is 0. The van der Waals surface area contributed by atoms with E-state index in [4.69, 9.17) is 18.9 Å². The number of allylic oxidation sites excluding steroid dienone is 1. The van der Waals surface area contributed by atoms with Gasteiger partial charge in [-0.1, -0.05) is 66.7 Å². The minimum Gasteiger partial charge on any atom is -0.460 e. The predicted octanol–water partition coefficient (Wildman–Crippen LogP) is 5.80. The van der Waals surface area contributed by atoms with Crippen molar-refractivity contribution in [2.75, 3.05) is 32.9 Å². The van der Waals surface area contributed by atoms with Gasteiger partial charge >= 0.3 is 5.97 Å². The van der Waals surface area contributed by atoms with Crippen molar-refractivity contribution in [3.8, 4) is 11.1 Å². The van der Waals surface area contributed by atoms with Gasteiger partial charge in [-0.3, -0.25) is 9.69 Å². The summed E-state index contributed by atoms with van der Waals surface area (Å²) in [7, 11) is 0. The largest absolute Gasteiger partial charge is 0.460 e. The van der Waals surface area contributed by atoms with E-state index in [2.05, 4.69) is 53.4 Å². The molecule has 0 aromatic heterocycles. The number of benzene rings is 2. The van der Waals surface area contributed by atoms with E-state index >= 15 is 0 Å². The number of hydrogen-bond acceptors (Lipinski definition) is 6. The van der Waals surface area contributed by atoms with Crippen LogP contribution in [0.2, 0.25) is 0 Å². The molecule has 2 fully saturated rings. The zero-order valence-corrected chi connectivity index (χ0v) is 23.1. The summed E-state index contributed by atoms with van der Waals surface area (Å²) in [6.45, 7) is 10.2. The van der Waals surface area contributed by atoms with E-state index in [0.717, 1.165) is 39.1 Å². The van der Waals surface area contributed by atoms with Crippen LogP contribution in [0.3, 0.4) is 0 Å². The van der Waals surface area contributed by atoms with Gasteiger partial charge in [0.25, 0.3) is 0 Å². The zero-order chi connectivity index (χ0) is 26.8. The summed E-state index contributed by atoms with van der Waals surface area (Å²) < 4.78 is 23.8. The Morgan fingerprint density at radius 3 is 2.37 bits per heavy atom. The van der Waals surface area contributed by atoms with Gasteiger partial charge in [-0.05, 0) is 56.7 Å². The molecule has 2 aliphatic rings. The molecule has 3 atom stereocenters. The topological polar surface area (TPSA) is 57.2 Å². The van der Waals surface area contributed by atoms with Crippen molar-refractivity contribution in [2.45, 2.75) is 76.9 Å². The van der Waals surface area contributed by atoms with Crippen LogP contribution in [0.1, 0.15) is 52.0 Å². The lowest BCUT2D eigenvalue weighted by atomic mass is 10.0. The predicted molar refractivity (Wildman–Crippen MR) is 150 cm³/mol. The van der Waals surface area contributed by atoms with Gasteiger partial charge in [0, 0.05) is 25.6 Å². The number of carbonyl (C=O) groups is 1. The molecule has 1 saturated heterocycles. The first-order valence-electron chi connectivity index (χ1n) is 14.0. The zero-order valence-electron chi connectivity index (χ0n) is 23.1. The van der Waals surface area contributed by atoms with Crippen molar-refractivity contribution >= 4 is 5.97 Å². The fraction of sp³-hybridized carbons (Fsp3) is 0.531. The third-order valence-electron chi connectivity index (χ3n) is 7.02. The van der Waals surface area contributed by atoms with E-state index in [-0.39, 0.29) is 18.2 Å². The lowest BCUT2D eigenvalue weighted by Gasteiger charge is -2.36. The fourth-order valence-corrected chi connectivity index (χ4v) is 5.18. The van der Waals surface area contributed by atoms with E-state index in [9.17, 15) is 4.79 Å². The molecule has 206 valence electrons. The normalized spacial score (nSPS) is 22.7. The molecule has 38 heavy (non-hydrogen) atoms. The molecular formula is C32H43NO5. The highest BCUT2D eigenvalue weighted by Gasteiger charge is 2.41. The van der Waals surface area contributed by atoms with Gasteiger partial charge < -0.3 is 18.9 Å². The van der Waals surface area contributed by atoms with Crippen LogP contribution in [-0.4, -0.2) is 67.6 Å². The van der Waals surface area contributed by atoms with E-state index < -0.39 is 5.60 Å². The lowest BCUT2D eigenvalue weighted by Crippen LogP contribution is -2.49. The number of rotatable bonds is 11. The van der Waals surface area contributed by atoms with Crippen molar-refractivity contribution in [3.63, 3.8) is 0 Å². The van der Waals surface area contributed by atoms with Gasteiger partial charge in [-0.15, -0.1) is 0 Å². The van der Waals surface area contributed by atoms with Crippen molar-refractivity contribution in [1.82, 2.24) is 4.90 Å². The van der Waals surface area contributed by atoms with Crippen LogP contribution in [-0.2, 0) is 30.3 Å². The molecule has 0 spiro atoms. The van der Waals surface area contributed by atoms with E-state index in [0.29, 0.717) is 32.1 Å². The smallest absolute Gasteiger partial charge is 0.306 e. The van der Waals surface area contributed by atoms with Crippen LogP contribution in [0.5, 0.6) is 0 Å². The Hall–Kier alpha value is -2.51. The van der Waals surface area contributed by atoms with Gasteiger partial charge in [0.2, 0.25) is 0 Å². The molecule has 0 amide bonds. The first-order valence-corrected chi connectivity index (χ1v) is 14.0. The molecule has 2 aromatic rings. The number of ether oxygens (including phenoxy) is 4. The SMILES string of the molecule is CC(C)(C)OC(=O)CCC=CCO[C@H]1[C@H](N2CCOCC2)CC[C@H]1OCc1ccc(-c2ccccc2)cc1. The van der Waals surface area contributed by atoms with Crippen LogP contribution in [0, 0.1) is 0 Å². The molecule has 1 aliphatic carbocycles. The van der Waals surface area contributed by atoms with E-state index in [1.54, 1.807) is 0 Å². The highest BCUT2D eigenvalue weighted by atomic mass is 16.6. The van der Waals surface area contributed by atoms with Crippen molar-refractivity contribution in [1.29, 1.82) is 0 Å². The average Bonchev–Trinajstić information content (AvgIpc) is 3.32. The van der Waals surface area contributed by atoms with Gasteiger partial charge in [0.15, 0.2) is 0 Å². The molecular weight excluding hydrogens is 478 g/mol. The van der Waals surface area contributed by atoms with Crippen LogP contribution in [0.15, 0.2) is 66.7 Å². The van der Waals surface area contributed by atoms with Gasteiger partial charge in [-0.2, -0.15) is 0 Å². The first kappa shape index (κ1) is 28.5. The third kappa shape index (κ3) is 8.77. The van der Waals surface area contributed by atoms with E-state index in [1.165, 1.54) is 16.7 Å². The quantitative estimate of drug-likeness (QED) is 0.275. The molecule has 4 rings (SSSR count). The lowest BCUT2D eigenvalue weighted by molar-refractivity contribution is -0.154. The number of hydrogen-bond donors (Lipinski definition) is 0. The molecule has 2 aromatic carbocycles. The van der Waals surface area contributed by atoms with Crippen molar-refractivity contribution in [3.05, 3.63) is 72.3 Å². The Balaban J connectivity index is 1.29. The second-order valence-corrected chi connectivity index (χ2v) is 11.1. The molecule has 1 saturated carbocycles. The Labute approximate surface area is 227 Å². The molecule has 1 aliphatic heterocycles. The minimum absolute atomic E-state index is 0.00666. The Kier molecular flexibility index (Phi) is 10.5. The molecule has 0 bridgehead atoms. The standard InChI is InChI=1S/C32H43NO5/c1-32(2,3)38-30(34)12-8-5-9-21-36-31-28(33-19-22-35-23-20-33)17-18-29(31)37-24-25-13-15-27(16-14-25)26-10-6-4-7-11-26/h4-7,9-11,13-16,28-29,31H,8,12,17-24H2,1-3H3/t28-,29-,31+/m1/s1. The molecule has 6 heteroatoms. The first-order chi connectivity index (χ1) is 18.4. The van der Waals surface area contributed by atoms with Crippen molar-refractivity contribution < 1.29 is 23.7 Å². The monoisotopic (exact) mass is 521 g/mol. The Bertz CT molecular complexity index is 1010. The van der Waals surface area contributed by atoms with Crippen LogP contribution < -0.4 is 0 Å². The number of esters is 1. The highest BCUT2D eigenvalue weighted by Crippen LogP contribution is 2.31. The fourth-order valence-electron chi connectivity index (χ4n) is 5.18. The van der Waals surface area contributed by atoms with Crippen LogP contribution in [0.4, 0.5) is 0 Å². The third-order valence-corrected chi connectivity index (χ3v) is 7.02. The number of carbonyl (C=O) groups excluding carboxylic acids is 1. The molecule has 0 unspecified atom stereocenters. The summed E-state index contributed by atoms with van der Waals surface area (Å²) in [6.07, 6.45) is 7.14. The maximum Gasteiger partial charge on any atom is 0.306 e. The number of nitrogens with zero attached hydrogens (tertiary/aromatic N) is 1. The maximum absolute atomic E-state index is 11.9. The van der Waals surface area contributed by atoms with Crippen LogP contribution in [0.25, 0.3) is 11.1 Å². The average molecular weight is 522 g/mol. The second-order valence-electron chi connectivity index (χ2n) is 11.1. The summed E-state index contributed by atoms with van der Waals surface area (Å²) in [5.41, 5.74) is 3.15. The second kappa shape index (κ2) is 14.0. The van der Waals surface area contributed by atoms with Gasteiger partial charge in [0.05, 0.1) is 38.6 Å². The number of morpholine rings is 1. The minimum atomic E-state index is -0.445. The van der Waals surface area contributed by atoms with E-state index in [1.807, 2.05) is 39.0 Å². The van der Waals surface area contributed by atoms with Gasteiger partial charge in [0.1, 0.15) is 5.60 Å².